The summed E-state index contributed by atoms with van der Waals surface area (Å²) in [6, 6.07) is 13.8. The van der Waals surface area contributed by atoms with Crippen molar-refractivity contribution >= 4 is 17.4 Å². The van der Waals surface area contributed by atoms with Gasteiger partial charge in [0.2, 0.25) is 0 Å². The molecule has 0 spiro atoms. The maximum absolute atomic E-state index is 12.4. The highest BCUT2D eigenvalue weighted by Crippen LogP contribution is 2.32. The van der Waals surface area contributed by atoms with Crippen LogP contribution in [0.4, 0.5) is 11.5 Å². The molecule has 2 heterocycles. The van der Waals surface area contributed by atoms with Crippen LogP contribution in [0.15, 0.2) is 54.9 Å². The number of carbonyl (C=O) groups is 1. The minimum Gasteiger partial charge on any atom is -0.493 e. The Balaban J connectivity index is 1.41. The van der Waals surface area contributed by atoms with Gasteiger partial charge in [0.1, 0.15) is 5.69 Å². The van der Waals surface area contributed by atoms with Gasteiger partial charge in [-0.1, -0.05) is 24.3 Å². The second-order valence-corrected chi connectivity index (χ2v) is 6.66. The van der Waals surface area contributed by atoms with Crippen LogP contribution in [-0.2, 0) is 13.0 Å². The third-order valence-electron chi connectivity index (χ3n) is 4.94. The van der Waals surface area contributed by atoms with Gasteiger partial charge in [0.25, 0.3) is 5.91 Å². The number of benzene rings is 2. The van der Waals surface area contributed by atoms with Gasteiger partial charge < -0.3 is 19.7 Å². The molecule has 0 saturated carbocycles. The lowest BCUT2D eigenvalue weighted by atomic mass is 10.2. The molecule has 0 fully saturated rings. The molecule has 1 amide bonds. The van der Waals surface area contributed by atoms with E-state index in [1.54, 1.807) is 20.4 Å². The quantitative estimate of drug-likeness (QED) is 0.697. The Morgan fingerprint density at radius 2 is 1.90 bits per heavy atom. The summed E-state index contributed by atoms with van der Waals surface area (Å²) in [5, 5.41) is 2.86. The summed E-state index contributed by atoms with van der Waals surface area (Å²) in [5.74, 6) is 1.73. The van der Waals surface area contributed by atoms with Gasteiger partial charge in [-0.2, -0.15) is 0 Å². The summed E-state index contributed by atoms with van der Waals surface area (Å²) in [4.78, 5) is 23.3. The van der Waals surface area contributed by atoms with Gasteiger partial charge in [-0.3, -0.25) is 4.79 Å². The van der Waals surface area contributed by atoms with E-state index in [0.717, 1.165) is 30.0 Å². The van der Waals surface area contributed by atoms with Crippen molar-refractivity contribution in [3.8, 4) is 11.5 Å². The molecular formula is C22H22N4O3. The van der Waals surface area contributed by atoms with Gasteiger partial charge in [0, 0.05) is 18.8 Å². The summed E-state index contributed by atoms with van der Waals surface area (Å²) in [7, 11) is 3.17. The zero-order valence-electron chi connectivity index (χ0n) is 16.4. The number of hydrogen-bond acceptors (Lipinski definition) is 6. The lowest BCUT2D eigenvalue weighted by Crippen LogP contribution is -2.24. The molecule has 1 aromatic heterocycles. The van der Waals surface area contributed by atoms with Crippen molar-refractivity contribution in [2.24, 2.45) is 0 Å². The van der Waals surface area contributed by atoms with Gasteiger partial charge in [-0.05, 0) is 35.7 Å². The van der Waals surface area contributed by atoms with Crippen molar-refractivity contribution < 1.29 is 14.3 Å². The van der Waals surface area contributed by atoms with E-state index in [2.05, 4.69) is 32.3 Å². The first-order valence-corrected chi connectivity index (χ1v) is 9.36. The van der Waals surface area contributed by atoms with E-state index in [9.17, 15) is 4.79 Å². The van der Waals surface area contributed by atoms with Crippen LogP contribution in [0.5, 0.6) is 11.5 Å². The molecule has 7 nitrogen and oxygen atoms in total. The number of fused-ring (bicyclic) bond motifs is 1. The van der Waals surface area contributed by atoms with E-state index in [4.69, 9.17) is 9.47 Å². The van der Waals surface area contributed by atoms with Gasteiger partial charge >= 0.3 is 0 Å². The molecule has 7 heteroatoms. The minimum atomic E-state index is -0.277. The molecule has 4 rings (SSSR count). The van der Waals surface area contributed by atoms with Crippen molar-refractivity contribution in [1.82, 2.24) is 15.3 Å². The molecule has 0 aliphatic carbocycles. The number of carbonyl (C=O) groups excluding carboxylic acids is 1. The average Bonchev–Trinajstić information content (AvgIpc) is 3.21. The van der Waals surface area contributed by atoms with Gasteiger partial charge in [0.15, 0.2) is 17.3 Å². The molecule has 0 unspecified atom stereocenters. The molecule has 1 N–H and O–H groups in total. The lowest BCUT2D eigenvalue weighted by molar-refractivity contribution is 0.0945. The third kappa shape index (κ3) is 3.85. The van der Waals surface area contributed by atoms with Gasteiger partial charge in [0.05, 0.1) is 26.6 Å². The maximum Gasteiger partial charge on any atom is 0.271 e. The van der Waals surface area contributed by atoms with Crippen molar-refractivity contribution in [2.75, 3.05) is 25.7 Å². The number of para-hydroxylation sites is 1. The number of aromatic nitrogens is 2. The van der Waals surface area contributed by atoms with Crippen molar-refractivity contribution in [3.05, 3.63) is 71.7 Å². The summed E-state index contributed by atoms with van der Waals surface area (Å²) >= 11 is 0. The smallest absolute Gasteiger partial charge is 0.271 e. The van der Waals surface area contributed by atoms with Crippen LogP contribution in [0.3, 0.4) is 0 Å². The number of amides is 1. The molecule has 29 heavy (non-hydrogen) atoms. The Labute approximate surface area is 169 Å². The highest BCUT2D eigenvalue weighted by Gasteiger charge is 2.21. The first-order valence-electron chi connectivity index (χ1n) is 9.36. The number of methoxy groups -OCH3 is 2. The fourth-order valence-corrected chi connectivity index (χ4v) is 3.42. The molecule has 0 atom stereocenters. The van der Waals surface area contributed by atoms with Gasteiger partial charge in [-0.25, -0.2) is 9.97 Å². The number of ether oxygens (including phenoxy) is 2. The second-order valence-electron chi connectivity index (χ2n) is 6.66. The summed E-state index contributed by atoms with van der Waals surface area (Å²) in [6.07, 6.45) is 4.14. The molecule has 0 saturated heterocycles. The SMILES string of the molecule is COc1ccc(CNC(=O)c2cnc(N3CCc4ccccc43)cn2)cc1OC. The van der Waals surface area contributed by atoms with E-state index in [1.807, 2.05) is 30.3 Å². The Morgan fingerprint density at radius 1 is 1.07 bits per heavy atom. The second kappa shape index (κ2) is 8.18. The van der Waals surface area contributed by atoms with E-state index in [1.165, 1.54) is 11.8 Å². The van der Waals surface area contributed by atoms with E-state index < -0.39 is 0 Å². The monoisotopic (exact) mass is 390 g/mol. The summed E-state index contributed by atoms with van der Waals surface area (Å²) in [5.41, 5.74) is 3.62. The first kappa shape index (κ1) is 18.7. The molecule has 3 aromatic rings. The first-order chi connectivity index (χ1) is 14.2. The van der Waals surface area contributed by atoms with Crippen molar-refractivity contribution in [2.45, 2.75) is 13.0 Å². The molecular weight excluding hydrogens is 368 g/mol. The van der Waals surface area contributed by atoms with Crippen molar-refractivity contribution in [3.63, 3.8) is 0 Å². The van der Waals surface area contributed by atoms with Crippen LogP contribution < -0.4 is 19.7 Å². The predicted octanol–water partition coefficient (Wildman–Crippen LogP) is 3.12. The Morgan fingerprint density at radius 3 is 2.66 bits per heavy atom. The van der Waals surface area contributed by atoms with Crippen LogP contribution in [0, 0.1) is 0 Å². The van der Waals surface area contributed by atoms with E-state index in [-0.39, 0.29) is 11.6 Å². The maximum atomic E-state index is 12.4. The number of anilines is 2. The van der Waals surface area contributed by atoms with E-state index in [0.29, 0.717) is 18.0 Å². The van der Waals surface area contributed by atoms with Crippen LogP contribution in [0.25, 0.3) is 0 Å². The largest absolute Gasteiger partial charge is 0.493 e. The Hall–Kier alpha value is -3.61. The molecule has 1 aliphatic rings. The topological polar surface area (TPSA) is 76.6 Å². The predicted molar refractivity (Wildman–Crippen MR) is 110 cm³/mol. The number of hydrogen-bond donors (Lipinski definition) is 1. The van der Waals surface area contributed by atoms with Crippen LogP contribution in [0.1, 0.15) is 21.6 Å². The average molecular weight is 390 g/mol. The highest BCUT2D eigenvalue weighted by molar-refractivity contribution is 5.92. The molecule has 1 aliphatic heterocycles. The van der Waals surface area contributed by atoms with Crippen molar-refractivity contribution in [1.29, 1.82) is 0 Å². The fraction of sp³-hybridized carbons (Fsp3) is 0.227. The third-order valence-corrected chi connectivity index (χ3v) is 4.94. The van der Waals surface area contributed by atoms with Gasteiger partial charge in [-0.15, -0.1) is 0 Å². The summed E-state index contributed by atoms with van der Waals surface area (Å²) < 4.78 is 10.5. The normalized spacial score (nSPS) is 12.4. The molecule has 2 aromatic carbocycles. The van der Waals surface area contributed by atoms with Crippen LogP contribution >= 0.6 is 0 Å². The zero-order chi connectivity index (χ0) is 20.2. The van der Waals surface area contributed by atoms with Crippen LogP contribution in [0.2, 0.25) is 0 Å². The number of nitrogens with one attached hydrogen (secondary N) is 1. The molecule has 0 bridgehead atoms. The lowest BCUT2D eigenvalue weighted by Gasteiger charge is -2.17. The van der Waals surface area contributed by atoms with E-state index >= 15 is 0 Å². The molecule has 148 valence electrons. The molecule has 0 radical (unpaired) electrons. The fourth-order valence-electron chi connectivity index (χ4n) is 3.42. The van der Waals surface area contributed by atoms with Crippen LogP contribution in [-0.4, -0.2) is 36.6 Å². The Kier molecular flexibility index (Phi) is 5.29. The number of rotatable bonds is 6. The Bertz CT molecular complexity index is 1020. The summed E-state index contributed by atoms with van der Waals surface area (Å²) in [6.45, 7) is 1.21. The minimum absolute atomic E-state index is 0.277. The highest BCUT2D eigenvalue weighted by atomic mass is 16.5. The standard InChI is InChI=1S/C22H22N4O3/c1-28-19-8-7-15(11-20(19)29-2)12-25-22(27)17-13-24-21(14-23-17)26-10-9-16-5-3-4-6-18(16)26/h3-8,11,13-14H,9-10,12H2,1-2H3,(H,25,27). The number of nitrogens with zero attached hydrogens (tertiary/aromatic N) is 3. The zero-order valence-corrected chi connectivity index (χ0v) is 16.4.